The first-order valence-corrected chi connectivity index (χ1v) is 39.2. The third-order valence-corrected chi connectivity index (χ3v) is 31.6. The van der Waals surface area contributed by atoms with Gasteiger partial charge < -0.3 is 26.6 Å². The zero-order chi connectivity index (χ0) is 48.4. The molecule has 4 rings (SSSR count). The summed E-state index contributed by atoms with van der Waals surface area (Å²) >= 11 is 3.80. The normalized spacial score (nSPS) is 13.3. The first-order chi connectivity index (χ1) is 33.4. The van der Waals surface area contributed by atoms with Crippen LogP contribution >= 0.6 is 83.6 Å². The van der Waals surface area contributed by atoms with E-state index in [2.05, 4.69) is 48.5 Å². The van der Waals surface area contributed by atoms with Crippen molar-refractivity contribution < 1.29 is 26.6 Å². The lowest BCUT2D eigenvalue weighted by Gasteiger charge is -2.28. The van der Waals surface area contributed by atoms with Crippen molar-refractivity contribution in [3.63, 3.8) is 0 Å². The maximum Gasteiger partial charge on any atom is 0.500 e. The monoisotopic (exact) mass is 1120 g/mol. The maximum absolute atomic E-state index is 6.05. The van der Waals surface area contributed by atoms with Crippen LogP contribution in [0.5, 0.6) is 0 Å². The number of aromatic nitrogens is 2. The lowest BCUT2D eigenvalue weighted by molar-refractivity contribution is 0.0698. The van der Waals surface area contributed by atoms with E-state index in [9.17, 15) is 0 Å². The number of unbranched alkanes of at least 4 members (excludes halogenated alkanes) is 14. The van der Waals surface area contributed by atoms with Crippen molar-refractivity contribution in [2.24, 2.45) is 0 Å². The Labute approximate surface area is 445 Å². The second kappa shape index (κ2) is 38.1. The molecule has 68 heavy (non-hydrogen) atoms. The van der Waals surface area contributed by atoms with Crippen molar-refractivity contribution in [2.75, 3.05) is 51.1 Å². The van der Waals surface area contributed by atoms with Crippen LogP contribution in [0.25, 0.3) is 20.4 Å². The average molecular weight is 1120 g/mol. The van der Waals surface area contributed by atoms with Crippen LogP contribution in [-0.2, 0) is 26.6 Å². The molecule has 2 aromatic carbocycles. The number of fused-ring (bicyclic) bond motifs is 2. The summed E-state index contributed by atoms with van der Waals surface area (Å²) in [6.45, 7) is 16.2. The first-order valence-electron chi connectivity index (χ1n) is 25.9. The molecule has 2 atom stereocenters. The van der Waals surface area contributed by atoms with E-state index < -0.39 is 17.6 Å². The molecule has 2 aromatic heterocycles. The molecule has 0 fully saturated rings. The van der Waals surface area contributed by atoms with Crippen molar-refractivity contribution >= 4 is 122 Å². The molecule has 2 unspecified atom stereocenters. The van der Waals surface area contributed by atoms with Gasteiger partial charge in [0.05, 0.1) is 30.4 Å². The summed E-state index contributed by atoms with van der Waals surface area (Å²) in [6, 6.07) is 19.1. The summed E-state index contributed by atoms with van der Waals surface area (Å²) < 4.78 is 38.9. The Kier molecular flexibility index (Phi) is 34.2. The third kappa shape index (κ3) is 23.8. The lowest BCUT2D eigenvalue weighted by Crippen LogP contribution is -2.45. The molecule has 4 aromatic rings. The second-order valence-electron chi connectivity index (χ2n) is 17.0. The largest absolute Gasteiger partial charge is 0.500 e. The second-order valence-corrected chi connectivity index (χ2v) is 34.2. The van der Waals surface area contributed by atoms with Crippen molar-refractivity contribution in [2.45, 2.75) is 181 Å². The fraction of sp³-hybridized carbons (Fsp3) is 0.720. The molecule has 0 aliphatic carbocycles. The smallest absolute Gasteiger partial charge is 0.374 e. The molecule has 0 radical (unpaired) electrons. The quantitative estimate of drug-likeness (QED) is 0.0239. The summed E-state index contributed by atoms with van der Waals surface area (Å²) in [5.74, 6) is 3.20. The topological polar surface area (TPSA) is 81.2 Å². The van der Waals surface area contributed by atoms with E-state index in [-0.39, 0.29) is 0 Å². The van der Waals surface area contributed by atoms with Gasteiger partial charge in [-0.25, -0.2) is 9.97 Å². The van der Waals surface area contributed by atoms with Crippen LogP contribution in [-0.4, -0.2) is 78.7 Å². The van der Waals surface area contributed by atoms with E-state index >= 15 is 0 Å². The van der Waals surface area contributed by atoms with Crippen molar-refractivity contribution in [3.05, 3.63) is 58.5 Å². The molecule has 18 heteroatoms. The summed E-state index contributed by atoms with van der Waals surface area (Å²) in [7, 11) is 6.69. The van der Waals surface area contributed by atoms with Gasteiger partial charge in [-0.15, -0.1) is 22.7 Å². The fourth-order valence-electron chi connectivity index (χ4n) is 8.56. The zero-order valence-electron chi connectivity index (χ0n) is 42.2. The Morgan fingerprint density at radius 2 is 0.721 bits per heavy atom. The molecule has 0 aliphatic rings. The third-order valence-electron chi connectivity index (χ3n) is 11.8. The molecular formula is C50H84N2O6S8Si2. The fourth-order valence-corrected chi connectivity index (χ4v) is 28.4. The number of para-hydroxylation sites is 2. The summed E-state index contributed by atoms with van der Waals surface area (Å²) in [5, 5.41) is 2.62. The number of hydrogen-bond donors (Lipinski definition) is 0. The van der Waals surface area contributed by atoms with Gasteiger partial charge >= 0.3 is 17.6 Å². The van der Waals surface area contributed by atoms with E-state index in [0.29, 0.717) is 51.5 Å². The standard InChI is InChI=1S/C50H84N2O6S8Si2/c1-7-53-67(54-8-2,55-9-3)39-31-23-19-15-13-17-21-25-33-43(49-51-45-35-27-29-37-47(45)61-49)41-59-63-65-66-64-60-42-44(50-52-46-36-28-30-38-48(46)62-50)34-26-22-18-14-16-20-24-32-40-68(56-10-4,57-11-5)58-12-6/h27-30,35-38,43-44H,7-26,31-34,39-42H2,1-6H3. The molecule has 0 saturated carbocycles. The number of benzene rings is 2. The summed E-state index contributed by atoms with van der Waals surface area (Å²) in [6.07, 6.45) is 22.7. The Bertz CT molecular complexity index is 1620. The lowest BCUT2D eigenvalue weighted by atomic mass is 10.0. The highest BCUT2D eigenvalue weighted by Crippen LogP contribution is 2.54. The molecule has 0 aliphatic heterocycles. The van der Waals surface area contributed by atoms with Crippen LogP contribution in [0, 0.1) is 0 Å². The van der Waals surface area contributed by atoms with Gasteiger partial charge in [0.15, 0.2) is 0 Å². The van der Waals surface area contributed by atoms with Gasteiger partial charge in [-0.3, -0.25) is 0 Å². The number of thiazole rings is 2. The zero-order valence-corrected chi connectivity index (χ0v) is 50.7. The van der Waals surface area contributed by atoms with Crippen LogP contribution in [0.3, 0.4) is 0 Å². The van der Waals surface area contributed by atoms with Crippen LogP contribution in [0.2, 0.25) is 12.1 Å². The van der Waals surface area contributed by atoms with E-state index in [1.54, 1.807) is 0 Å². The SMILES string of the molecule is CCO[Si](CCCCCCCCCCC(CSSSSSSCC(CCCCCCCCCC[Si](OCC)(OCC)OCC)c1nc2ccccc2s1)c1nc2ccccc2s1)(OCC)OCC. The van der Waals surface area contributed by atoms with Crippen molar-refractivity contribution in [1.29, 1.82) is 0 Å². The molecule has 0 saturated heterocycles. The number of hydrogen-bond acceptors (Lipinski definition) is 16. The van der Waals surface area contributed by atoms with Gasteiger partial charge in [0.25, 0.3) is 0 Å². The van der Waals surface area contributed by atoms with E-state index in [1.165, 1.54) is 122 Å². The molecule has 0 N–H and O–H groups in total. The molecule has 8 nitrogen and oxygen atoms in total. The summed E-state index contributed by atoms with van der Waals surface area (Å²) in [4.78, 5) is 10.3. The highest BCUT2D eigenvalue weighted by molar-refractivity contribution is 9.41. The van der Waals surface area contributed by atoms with E-state index in [0.717, 1.165) is 47.5 Å². The minimum absolute atomic E-state index is 0.498. The minimum Gasteiger partial charge on any atom is -0.374 e. The van der Waals surface area contributed by atoms with Gasteiger partial charge in [-0.05, 0) is 131 Å². The molecule has 0 bridgehead atoms. The van der Waals surface area contributed by atoms with Gasteiger partial charge in [0.2, 0.25) is 0 Å². The van der Waals surface area contributed by atoms with E-state index in [4.69, 9.17) is 36.5 Å². The first kappa shape index (κ1) is 61.1. The number of nitrogens with zero attached hydrogens (tertiary/aromatic N) is 2. The van der Waals surface area contributed by atoms with Crippen LogP contribution < -0.4 is 0 Å². The average Bonchev–Trinajstić information content (AvgIpc) is 3.98. The van der Waals surface area contributed by atoms with Gasteiger partial charge in [0.1, 0.15) is 0 Å². The molecule has 386 valence electrons. The highest BCUT2D eigenvalue weighted by Gasteiger charge is 2.40. The van der Waals surface area contributed by atoms with Gasteiger partial charge in [-0.1, -0.05) is 136 Å². The molecule has 0 spiro atoms. The Morgan fingerprint density at radius 1 is 0.412 bits per heavy atom. The Balaban J connectivity index is 1.11. The van der Waals surface area contributed by atoms with Crippen molar-refractivity contribution in [3.8, 4) is 0 Å². The number of rotatable bonds is 45. The molecule has 0 amide bonds. The van der Waals surface area contributed by atoms with Gasteiger partial charge in [-0.2, -0.15) is 0 Å². The highest BCUT2D eigenvalue weighted by atomic mass is 33.9. The summed E-state index contributed by atoms with van der Waals surface area (Å²) in [5.41, 5.74) is 2.29. The molecule has 2 heterocycles. The van der Waals surface area contributed by atoms with Gasteiger partial charge in [0, 0.05) is 75.1 Å². The van der Waals surface area contributed by atoms with Crippen molar-refractivity contribution in [1.82, 2.24) is 9.97 Å². The van der Waals surface area contributed by atoms with Crippen LogP contribution in [0.1, 0.15) is 179 Å². The maximum atomic E-state index is 6.05. The minimum atomic E-state index is -2.51. The van der Waals surface area contributed by atoms with Crippen LogP contribution in [0.4, 0.5) is 0 Å². The predicted octanol–water partition coefficient (Wildman–Crippen LogP) is 18.9. The Hall–Kier alpha value is 0.514. The Morgan fingerprint density at radius 3 is 1.04 bits per heavy atom. The predicted molar refractivity (Wildman–Crippen MR) is 314 cm³/mol. The van der Waals surface area contributed by atoms with Crippen LogP contribution in [0.15, 0.2) is 48.5 Å². The van der Waals surface area contributed by atoms with E-state index in [1.807, 2.05) is 125 Å². The molecular weight excluding hydrogens is 1040 g/mol.